The molecular formula is C17H15FN2O. The first-order valence-electron chi connectivity index (χ1n) is 6.44. The zero-order chi connectivity index (χ0) is 15.2. The van der Waals surface area contributed by atoms with Crippen LogP contribution >= 0.6 is 0 Å². The van der Waals surface area contributed by atoms with Crippen molar-refractivity contribution < 1.29 is 9.13 Å². The lowest BCUT2D eigenvalue weighted by atomic mass is 10.1. The fraction of sp³-hybridized carbons (Fsp3) is 0.118. The van der Waals surface area contributed by atoms with Gasteiger partial charge in [0, 0.05) is 11.3 Å². The Morgan fingerprint density at radius 3 is 2.76 bits per heavy atom. The molecule has 106 valence electrons. The van der Waals surface area contributed by atoms with Crippen LogP contribution in [0.5, 0.6) is 5.75 Å². The molecule has 0 spiro atoms. The van der Waals surface area contributed by atoms with Crippen LogP contribution in [-0.4, -0.2) is 0 Å². The summed E-state index contributed by atoms with van der Waals surface area (Å²) in [6.07, 6.45) is 2.36. The van der Waals surface area contributed by atoms with Gasteiger partial charge in [-0.05, 0) is 48.4 Å². The molecule has 0 fully saturated rings. The first-order valence-corrected chi connectivity index (χ1v) is 6.44. The van der Waals surface area contributed by atoms with Gasteiger partial charge in [-0.3, -0.25) is 0 Å². The maximum absolute atomic E-state index is 13.7. The molecule has 0 saturated heterocycles. The molecule has 0 aliphatic heterocycles. The van der Waals surface area contributed by atoms with E-state index < -0.39 is 5.82 Å². The number of hydrogen-bond acceptors (Lipinski definition) is 3. The van der Waals surface area contributed by atoms with Crippen molar-refractivity contribution in [1.29, 1.82) is 5.26 Å². The van der Waals surface area contributed by atoms with Crippen molar-refractivity contribution in [3.05, 3.63) is 71.6 Å². The number of anilines is 1. The molecule has 21 heavy (non-hydrogen) atoms. The van der Waals surface area contributed by atoms with E-state index in [1.165, 1.54) is 18.2 Å². The molecule has 0 bridgehead atoms. The molecule has 0 amide bonds. The molecule has 0 aliphatic rings. The summed E-state index contributed by atoms with van der Waals surface area (Å²) < 4.78 is 19.4. The molecule has 2 aromatic carbocycles. The Balaban J connectivity index is 2.20. The van der Waals surface area contributed by atoms with E-state index in [4.69, 9.17) is 15.7 Å². The van der Waals surface area contributed by atoms with Crippen molar-refractivity contribution in [3.63, 3.8) is 0 Å². The highest BCUT2D eigenvalue weighted by atomic mass is 19.1. The lowest BCUT2D eigenvalue weighted by Gasteiger charge is -2.12. The molecule has 3 nitrogen and oxygen atoms in total. The summed E-state index contributed by atoms with van der Waals surface area (Å²) in [5.74, 6) is 0.237. The van der Waals surface area contributed by atoms with E-state index in [1.54, 1.807) is 24.3 Å². The fourth-order valence-corrected chi connectivity index (χ4v) is 1.97. The van der Waals surface area contributed by atoms with Gasteiger partial charge in [0.15, 0.2) is 0 Å². The van der Waals surface area contributed by atoms with Crippen LogP contribution in [0.4, 0.5) is 10.1 Å². The van der Waals surface area contributed by atoms with Gasteiger partial charge in [0.25, 0.3) is 0 Å². The molecule has 0 radical (unpaired) electrons. The number of hydrogen-bond donors (Lipinski definition) is 1. The minimum atomic E-state index is -0.394. The van der Waals surface area contributed by atoms with Gasteiger partial charge in [-0.25, -0.2) is 4.39 Å². The van der Waals surface area contributed by atoms with Gasteiger partial charge < -0.3 is 10.5 Å². The van der Waals surface area contributed by atoms with Crippen LogP contribution in [0.1, 0.15) is 16.7 Å². The standard InChI is InChI=1S/C17H15FN2O/c1-2-3-13-9-15(20)5-7-17(13)21-11-14-8-12(10-19)4-6-16(14)18/h2,4-9H,1,3,11,20H2. The van der Waals surface area contributed by atoms with Crippen molar-refractivity contribution in [2.24, 2.45) is 0 Å². The number of nitrogens with zero attached hydrogens (tertiary/aromatic N) is 1. The highest BCUT2D eigenvalue weighted by molar-refractivity contribution is 5.48. The molecule has 4 heteroatoms. The number of nitrogens with two attached hydrogens (primary N) is 1. The Kier molecular flexibility index (Phi) is 4.57. The molecule has 0 aromatic heterocycles. The topological polar surface area (TPSA) is 59.0 Å². The molecule has 2 N–H and O–H groups in total. The molecule has 0 saturated carbocycles. The monoisotopic (exact) mass is 282 g/mol. The van der Waals surface area contributed by atoms with Crippen molar-refractivity contribution in [3.8, 4) is 11.8 Å². The van der Waals surface area contributed by atoms with Gasteiger partial charge in [0.05, 0.1) is 11.6 Å². The minimum Gasteiger partial charge on any atom is -0.489 e. The number of allylic oxidation sites excluding steroid dienone is 1. The first-order chi connectivity index (χ1) is 10.1. The summed E-state index contributed by atoms with van der Waals surface area (Å²) >= 11 is 0. The second kappa shape index (κ2) is 6.58. The zero-order valence-corrected chi connectivity index (χ0v) is 11.5. The van der Waals surface area contributed by atoms with Crippen LogP contribution in [0, 0.1) is 17.1 Å². The molecule has 2 aromatic rings. The Morgan fingerprint density at radius 2 is 2.05 bits per heavy atom. The SMILES string of the molecule is C=CCc1cc(N)ccc1OCc1cc(C#N)ccc1F. The third-order valence-electron chi connectivity index (χ3n) is 3.01. The van der Waals surface area contributed by atoms with E-state index in [1.807, 2.05) is 6.07 Å². The first kappa shape index (κ1) is 14.6. The average molecular weight is 282 g/mol. The second-order valence-corrected chi connectivity index (χ2v) is 4.57. The van der Waals surface area contributed by atoms with E-state index in [2.05, 4.69) is 6.58 Å². The summed E-state index contributed by atoms with van der Waals surface area (Å²) in [5, 5.41) is 8.84. The highest BCUT2D eigenvalue weighted by Gasteiger charge is 2.07. The minimum absolute atomic E-state index is 0.0510. The van der Waals surface area contributed by atoms with Crippen molar-refractivity contribution in [2.45, 2.75) is 13.0 Å². The quantitative estimate of drug-likeness (QED) is 0.673. The van der Waals surface area contributed by atoms with Crippen molar-refractivity contribution in [1.82, 2.24) is 0 Å². The van der Waals surface area contributed by atoms with E-state index in [9.17, 15) is 4.39 Å². The number of halogens is 1. The summed E-state index contributed by atoms with van der Waals surface area (Å²) in [7, 11) is 0. The van der Waals surface area contributed by atoms with E-state index in [0.717, 1.165) is 5.56 Å². The molecule has 0 aliphatic carbocycles. The van der Waals surface area contributed by atoms with Crippen molar-refractivity contribution >= 4 is 5.69 Å². The van der Waals surface area contributed by atoms with Gasteiger partial charge in [0.1, 0.15) is 18.2 Å². The van der Waals surface area contributed by atoms with E-state index >= 15 is 0 Å². The Hall–Kier alpha value is -2.80. The predicted molar refractivity (Wildman–Crippen MR) is 80.2 cm³/mol. The molecular weight excluding hydrogens is 267 g/mol. The maximum atomic E-state index is 13.7. The van der Waals surface area contributed by atoms with Crippen LogP contribution in [0.15, 0.2) is 49.1 Å². The number of ether oxygens (including phenoxy) is 1. The maximum Gasteiger partial charge on any atom is 0.129 e. The fourth-order valence-electron chi connectivity index (χ4n) is 1.97. The normalized spacial score (nSPS) is 9.90. The number of nitrogen functional groups attached to an aromatic ring is 1. The Bertz CT molecular complexity index is 704. The van der Waals surface area contributed by atoms with Gasteiger partial charge in [-0.2, -0.15) is 5.26 Å². The summed E-state index contributed by atoms with van der Waals surface area (Å²) in [4.78, 5) is 0. The summed E-state index contributed by atoms with van der Waals surface area (Å²) in [6.45, 7) is 3.74. The number of rotatable bonds is 5. The molecule has 0 atom stereocenters. The summed E-state index contributed by atoms with van der Waals surface area (Å²) in [5.41, 5.74) is 8.01. The van der Waals surface area contributed by atoms with Crippen molar-refractivity contribution in [2.75, 3.05) is 5.73 Å². The largest absolute Gasteiger partial charge is 0.489 e. The lowest BCUT2D eigenvalue weighted by Crippen LogP contribution is -2.02. The Labute approximate surface area is 123 Å². The molecule has 0 unspecified atom stereocenters. The van der Waals surface area contributed by atoms with Gasteiger partial charge in [0.2, 0.25) is 0 Å². The van der Waals surface area contributed by atoms with Gasteiger partial charge >= 0.3 is 0 Å². The van der Waals surface area contributed by atoms with Crippen LogP contribution < -0.4 is 10.5 Å². The highest BCUT2D eigenvalue weighted by Crippen LogP contribution is 2.24. The number of benzene rings is 2. The smallest absolute Gasteiger partial charge is 0.129 e. The van der Waals surface area contributed by atoms with Gasteiger partial charge in [-0.15, -0.1) is 6.58 Å². The lowest BCUT2D eigenvalue weighted by molar-refractivity contribution is 0.297. The predicted octanol–water partition coefficient (Wildman–Crippen LogP) is 3.59. The second-order valence-electron chi connectivity index (χ2n) is 4.57. The summed E-state index contributed by atoms with van der Waals surface area (Å²) in [6, 6.07) is 11.5. The Morgan fingerprint density at radius 1 is 1.24 bits per heavy atom. The van der Waals surface area contributed by atoms with E-state index in [-0.39, 0.29) is 6.61 Å². The van der Waals surface area contributed by atoms with Gasteiger partial charge in [-0.1, -0.05) is 6.08 Å². The van der Waals surface area contributed by atoms with Crippen LogP contribution in [-0.2, 0) is 13.0 Å². The third kappa shape index (κ3) is 3.61. The van der Waals surface area contributed by atoms with Crippen LogP contribution in [0.2, 0.25) is 0 Å². The van der Waals surface area contributed by atoms with Crippen LogP contribution in [0.25, 0.3) is 0 Å². The molecule has 0 heterocycles. The van der Waals surface area contributed by atoms with Crippen LogP contribution in [0.3, 0.4) is 0 Å². The van der Waals surface area contributed by atoms with E-state index in [0.29, 0.717) is 29.0 Å². The zero-order valence-electron chi connectivity index (χ0n) is 11.5. The third-order valence-corrected chi connectivity index (χ3v) is 3.01. The molecule has 2 rings (SSSR count). The average Bonchev–Trinajstić information content (AvgIpc) is 2.48. The number of nitriles is 1.